The molecule has 1 saturated carbocycles. The van der Waals surface area contributed by atoms with Crippen LogP contribution < -0.4 is 10.6 Å². The van der Waals surface area contributed by atoms with Crippen molar-refractivity contribution < 1.29 is 19.5 Å². The van der Waals surface area contributed by atoms with Gasteiger partial charge in [0.1, 0.15) is 0 Å². The Morgan fingerprint density at radius 2 is 1.72 bits per heavy atom. The number of aliphatic carboxylic acids is 1. The third-order valence-electron chi connectivity index (χ3n) is 4.94. The lowest BCUT2D eigenvalue weighted by Crippen LogP contribution is -2.36. The molecule has 3 rings (SSSR count). The van der Waals surface area contributed by atoms with Gasteiger partial charge in [-0.15, -0.1) is 0 Å². The van der Waals surface area contributed by atoms with Gasteiger partial charge in [0.15, 0.2) is 0 Å². The van der Waals surface area contributed by atoms with Crippen LogP contribution in [0.25, 0.3) is 0 Å². The van der Waals surface area contributed by atoms with E-state index in [1.54, 1.807) is 24.3 Å². The largest absolute Gasteiger partial charge is 0.481 e. The monoisotopic (exact) mass is 342 g/mol. The molecule has 4 atom stereocenters. The molecule has 6 nitrogen and oxygen atoms in total. The summed E-state index contributed by atoms with van der Waals surface area (Å²) in [6.45, 7) is 1.93. The fraction of sp³-hybridized carbons (Fsp3) is 0.421. The van der Waals surface area contributed by atoms with Crippen LogP contribution in [0.3, 0.4) is 0 Å². The van der Waals surface area contributed by atoms with E-state index in [-0.39, 0.29) is 23.7 Å². The lowest BCUT2D eigenvalue weighted by atomic mass is 9.82. The van der Waals surface area contributed by atoms with Crippen molar-refractivity contribution in [1.82, 2.24) is 0 Å². The zero-order chi connectivity index (χ0) is 18.0. The van der Waals surface area contributed by atoms with Crippen molar-refractivity contribution in [1.29, 1.82) is 0 Å². The second kappa shape index (κ2) is 7.09. The summed E-state index contributed by atoms with van der Waals surface area (Å²) in [5.74, 6) is -2.56. The smallest absolute Gasteiger partial charge is 0.307 e. The van der Waals surface area contributed by atoms with Crippen LogP contribution in [0.5, 0.6) is 0 Å². The number of hydrogen-bond acceptors (Lipinski definition) is 3. The van der Waals surface area contributed by atoms with Crippen molar-refractivity contribution in [2.24, 2.45) is 23.7 Å². The minimum Gasteiger partial charge on any atom is -0.481 e. The van der Waals surface area contributed by atoms with Gasteiger partial charge in [0.2, 0.25) is 11.8 Å². The molecule has 0 aliphatic heterocycles. The molecule has 6 heteroatoms. The molecule has 2 aliphatic carbocycles. The van der Waals surface area contributed by atoms with E-state index in [9.17, 15) is 19.5 Å². The number of rotatable bonds is 6. The number of carbonyl (C=O) groups is 3. The molecule has 0 unspecified atom stereocenters. The normalized spacial score (nSPS) is 26.4. The molecule has 0 heterocycles. The average Bonchev–Trinajstić information content (AvgIpc) is 3.16. The molecule has 0 aromatic heterocycles. The second-order valence-electron chi connectivity index (χ2n) is 6.71. The topological polar surface area (TPSA) is 95.5 Å². The Hall–Kier alpha value is -2.63. The number of benzene rings is 1. The predicted octanol–water partition coefficient (Wildman–Crippen LogP) is 2.89. The van der Waals surface area contributed by atoms with Crippen LogP contribution in [0.4, 0.5) is 11.4 Å². The SMILES string of the molecule is CCCC(=O)Nc1cccc(NC(=O)[C@H]2[C@@H](C(=O)O)[C@H]3C=C[C@H]2C3)c1. The summed E-state index contributed by atoms with van der Waals surface area (Å²) in [7, 11) is 0. The molecule has 132 valence electrons. The minimum absolute atomic E-state index is 0.0152. The number of carboxylic acid groups (broad SMARTS) is 1. The molecule has 0 saturated heterocycles. The van der Waals surface area contributed by atoms with Gasteiger partial charge in [0.25, 0.3) is 0 Å². The van der Waals surface area contributed by atoms with Crippen LogP contribution >= 0.6 is 0 Å². The number of anilines is 2. The molecular formula is C19H22N2O4. The van der Waals surface area contributed by atoms with E-state index < -0.39 is 17.8 Å². The van der Waals surface area contributed by atoms with Crippen LogP contribution in [0.15, 0.2) is 36.4 Å². The number of hydrogen-bond donors (Lipinski definition) is 3. The van der Waals surface area contributed by atoms with Crippen molar-refractivity contribution in [3.05, 3.63) is 36.4 Å². The van der Waals surface area contributed by atoms with Gasteiger partial charge >= 0.3 is 5.97 Å². The first-order valence-electron chi connectivity index (χ1n) is 8.61. The third kappa shape index (κ3) is 3.57. The highest BCUT2D eigenvalue weighted by atomic mass is 16.4. The molecule has 2 amide bonds. The van der Waals surface area contributed by atoms with Gasteiger partial charge in [-0.25, -0.2) is 0 Å². The summed E-state index contributed by atoms with van der Waals surface area (Å²) in [6, 6.07) is 6.91. The maximum absolute atomic E-state index is 12.7. The zero-order valence-corrected chi connectivity index (χ0v) is 14.1. The highest BCUT2D eigenvalue weighted by Gasteiger charge is 2.51. The summed E-state index contributed by atoms with van der Waals surface area (Å²) in [5, 5.41) is 15.0. The molecular weight excluding hydrogens is 320 g/mol. The van der Waals surface area contributed by atoms with Crippen molar-refractivity contribution in [2.75, 3.05) is 10.6 Å². The Bertz CT molecular complexity index is 728. The Kier molecular flexibility index (Phi) is 4.88. The number of nitrogens with one attached hydrogen (secondary N) is 2. The average molecular weight is 342 g/mol. The minimum atomic E-state index is -0.919. The summed E-state index contributed by atoms with van der Waals surface area (Å²) in [4.78, 5) is 35.9. The van der Waals surface area contributed by atoms with Crippen LogP contribution in [-0.2, 0) is 14.4 Å². The highest BCUT2D eigenvalue weighted by Crippen LogP contribution is 2.48. The summed E-state index contributed by atoms with van der Waals surface area (Å²) in [6.07, 6.45) is 5.79. The van der Waals surface area contributed by atoms with Gasteiger partial charge in [-0.3, -0.25) is 14.4 Å². The van der Waals surface area contributed by atoms with Gasteiger partial charge < -0.3 is 15.7 Å². The van der Waals surface area contributed by atoms with E-state index in [0.717, 1.165) is 12.8 Å². The number of allylic oxidation sites excluding steroid dienone is 2. The Morgan fingerprint density at radius 1 is 1.08 bits per heavy atom. The lowest BCUT2D eigenvalue weighted by molar-refractivity contribution is -0.146. The van der Waals surface area contributed by atoms with Crippen molar-refractivity contribution in [2.45, 2.75) is 26.2 Å². The first-order valence-corrected chi connectivity index (χ1v) is 8.61. The fourth-order valence-corrected chi connectivity index (χ4v) is 3.87. The lowest BCUT2D eigenvalue weighted by Gasteiger charge is -2.24. The molecule has 1 aromatic rings. The molecule has 2 aliphatic rings. The van der Waals surface area contributed by atoms with Crippen LogP contribution in [0.2, 0.25) is 0 Å². The Balaban J connectivity index is 1.70. The molecule has 0 radical (unpaired) electrons. The van der Waals surface area contributed by atoms with E-state index in [0.29, 0.717) is 17.8 Å². The number of amides is 2. The first kappa shape index (κ1) is 17.2. The number of carbonyl (C=O) groups excluding carboxylic acids is 2. The van der Waals surface area contributed by atoms with Crippen molar-refractivity contribution in [3.8, 4) is 0 Å². The standard InChI is InChI=1S/C19H22N2O4/c1-2-4-15(22)20-13-5-3-6-14(10-13)21-18(23)16-11-7-8-12(9-11)17(16)19(24)25/h3,5-8,10-12,16-17H,2,4,9H2,1H3,(H,20,22)(H,21,23)(H,24,25)/t11-,12-,16+,17-/m0/s1. The Labute approximate surface area is 146 Å². The van der Waals surface area contributed by atoms with E-state index >= 15 is 0 Å². The fourth-order valence-electron chi connectivity index (χ4n) is 3.87. The molecule has 1 fully saturated rings. The highest BCUT2D eigenvalue weighted by molar-refractivity contribution is 5.97. The summed E-state index contributed by atoms with van der Waals surface area (Å²) >= 11 is 0. The van der Waals surface area contributed by atoms with Gasteiger partial charge in [-0.1, -0.05) is 25.1 Å². The summed E-state index contributed by atoms with van der Waals surface area (Å²) in [5.41, 5.74) is 1.16. The maximum Gasteiger partial charge on any atom is 0.307 e. The third-order valence-corrected chi connectivity index (χ3v) is 4.94. The predicted molar refractivity (Wildman–Crippen MR) is 94.0 cm³/mol. The van der Waals surface area contributed by atoms with Crippen LogP contribution in [0, 0.1) is 23.7 Å². The maximum atomic E-state index is 12.7. The molecule has 1 aromatic carbocycles. The van der Waals surface area contributed by atoms with Gasteiger partial charge in [-0.2, -0.15) is 0 Å². The van der Waals surface area contributed by atoms with E-state index in [1.807, 2.05) is 19.1 Å². The first-order chi connectivity index (χ1) is 12.0. The Morgan fingerprint density at radius 3 is 2.36 bits per heavy atom. The van der Waals surface area contributed by atoms with E-state index in [1.165, 1.54) is 0 Å². The molecule has 2 bridgehead atoms. The van der Waals surface area contributed by atoms with E-state index in [4.69, 9.17) is 0 Å². The van der Waals surface area contributed by atoms with Gasteiger partial charge in [0.05, 0.1) is 11.8 Å². The molecule has 0 spiro atoms. The van der Waals surface area contributed by atoms with Crippen molar-refractivity contribution >= 4 is 29.2 Å². The van der Waals surface area contributed by atoms with E-state index in [2.05, 4.69) is 10.6 Å². The van der Waals surface area contributed by atoms with Crippen LogP contribution in [0.1, 0.15) is 26.2 Å². The molecule has 3 N–H and O–H groups in total. The van der Waals surface area contributed by atoms with Crippen LogP contribution in [-0.4, -0.2) is 22.9 Å². The van der Waals surface area contributed by atoms with Gasteiger partial charge in [-0.05, 0) is 42.9 Å². The van der Waals surface area contributed by atoms with Crippen molar-refractivity contribution in [3.63, 3.8) is 0 Å². The summed E-state index contributed by atoms with van der Waals surface area (Å²) < 4.78 is 0. The zero-order valence-electron chi connectivity index (χ0n) is 14.1. The van der Waals surface area contributed by atoms with Gasteiger partial charge in [0, 0.05) is 17.8 Å². The second-order valence-corrected chi connectivity index (χ2v) is 6.71. The number of fused-ring (bicyclic) bond motifs is 2. The molecule has 25 heavy (non-hydrogen) atoms. The number of carboxylic acids is 1. The quantitative estimate of drug-likeness (QED) is 0.693.